The smallest absolute Gasteiger partial charge is 0.00793 e. The lowest BCUT2D eigenvalue weighted by Crippen LogP contribution is -2.42. The van der Waals surface area contributed by atoms with Gasteiger partial charge >= 0.3 is 0 Å². The monoisotopic (exact) mass is 142 g/mol. The van der Waals surface area contributed by atoms with Crippen LogP contribution in [0, 0.1) is 5.92 Å². The van der Waals surface area contributed by atoms with Crippen LogP contribution in [0.15, 0.2) is 0 Å². The summed E-state index contributed by atoms with van der Waals surface area (Å²) in [6.07, 6.45) is 3.73. The fraction of sp³-hybridized carbons (Fsp3) is 1.00. The van der Waals surface area contributed by atoms with E-state index >= 15 is 0 Å². The Morgan fingerprint density at radius 2 is 2.10 bits per heavy atom. The van der Waals surface area contributed by atoms with Gasteiger partial charge < -0.3 is 11.1 Å². The van der Waals surface area contributed by atoms with Crippen LogP contribution in [0.5, 0.6) is 0 Å². The number of rotatable bonds is 1. The molecule has 0 unspecified atom stereocenters. The molecule has 3 N–H and O–H groups in total. The van der Waals surface area contributed by atoms with Crippen LogP contribution < -0.4 is 11.1 Å². The van der Waals surface area contributed by atoms with Crippen LogP contribution in [0.4, 0.5) is 0 Å². The molecule has 60 valence electrons. The van der Waals surface area contributed by atoms with Crippen molar-refractivity contribution < 1.29 is 0 Å². The van der Waals surface area contributed by atoms with Crippen LogP contribution in [0.3, 0.4) is 0 Å². The van der Waals surface area contributed by atoms with Gasteiger partial charge in [0.2, 0.25) is 0 Å². The van der Waals surface area contributed by atoms with Crippen LogP contribution in [-0.2, 0) is 0 Å². The van der Waals surface area contributed by atoms with Crippen molar-refractivity contribution in [3.63, 3.8) is 0 Å². The molecule has 0 bridgehead atoms. The standard InChI is InChI=1S/C8H18N2/c1-6-3-4-7(10-2)5-8(6)9/h6-8,10H,3-5,9H2,1-2H3/t6-,7+,8-/m0/s1. The number of hydrogen-bond acceptors (Lipinski definition) is 2. The predicted octanol–water partition coefficient (Wildman–Crippen LogP) is 0.722. The first-order valence-corrected chi connectivity index (χ1v) is 4.17. The molecule has 3 atom stereocenters. The molecule has 2 heteroatoms. The molecule has 1 aliphatic carbocycles. The Bertz CT molecular complexity index is 103. The van der Waals surface area contributed by atoms with E-state index in [2.05, 4.69) is 12.2 Å². The summed E-state index contributed by atoms with van der Waals surface area (Å²) in [4.78, 5) is 0. The average Bonchev–Trinajstić information content (AvgIpc) is 1.95. The molecule has 0 radical (unpaired) electrons. The average molecular weight is 142 g/mol. The van der Waals surface area contributed by atoms with E-state index in [1.807, 2.05) is 7.05 Å². The van der Waals surface area contributed by atoms with Gasteiger partial charge in [-0.15, -0.1) is 0 Å². The third-order valence-corrected chi connectivity index (χ3v) is 2.67. The van der Waals surface area contributed by atoms with Gasteiger partial charge in [-0.1, -0.05) is 6.92 Å². The molecule has 1 saturated carbocycles. The Morgan fingerprint density at radius 3 is 2.60 bits per heavy atom. The molecule has 2 nitrogen and oxygen atoms in total. The molecule has 0 spiro atoms. The fourth-order valence-corrected chi connectivity index (χ4v) is 1.62. The number of nitrogens with one attached hydrogen (secondary N) is 1. The first-order chi connectivity index (χ1) is 4.74. The molecule has 0 aromatic heterocycles. The van der Waals surface area contributed by atoms with E-state index in [0.717, 1.165) is 12.3 Å². The molecule has 0 amide bonds. The first kappa shape index (κ1) is 8.02. The molecule has 0 aliphatic heterocycles. The number of nitrogens with two attached hydrogens (primary N) is 1. The summed E-state index contributed by atoms with van der Waals surface area (Å²) in [5.41, 5.74) is 5.90. The van der Waals surface area contributed by atoms with Crippen LogP contribution in [0.1, 0.15) is 26.2 Å². The molecular formula is C8H18N2. The van der Waals surface area contributed by atoms with Crippen molar-refractivity contribution >= 4 is 0 Å². The maximum Gasteiger partial charge on any atom is 0.00793 e. The van der Waals surface area contributed by atoms with Crippen molar-refractivity contribution in [3.05, 3.63) is 0 Å². The van der Waals surface area contributed by atoms with Crippen molar-refractivity contribution in [2.24, 2.45) is 11.7 Å². The van der Waals surface area contributed by atoms with Crippen molar-refractivity contribution in [2.45, 2.75) is 38.3 Å². The summed E-state index contributed by atoms with van der Waals surface area (Å²) >= 11 is 0. The van der Waals surface area contributed by atoms with E-state index in [1.165, 1.54) is 12.8 Å². The van der Waals surface area contributed by atoms with E-state index in [0.29, 0.717) is 12.1 Å². The lowest BCUT2D eigenvalue weighted by molar-refractivity contribution is 0.278. The lowest BCUT2D eigenvalue weighted by atomic mass is 9.83. The maximum atomic E-state index is 5.90. The summed E-state index contributed by atoms with van der Waals surface area (Å²) < 4.78 is 0. The quantitative estimate of drug-likeness (QED) is 0.566. The predicted molar refractivity (Wildman–Crippen MR) is 43.8 cm³/mol. The molecule has 1 aliphatic rings. The maximum absolute atomic E-state index is 5.90. The van der Waals surface area contributed by atoms with Crippen LogP contribution in [-0.4, -0.2) is 19.1 Å². The van der Waals surface area contributed by atoms with Gasteiger partial charge in [0.15, 0.2) is 0 Å². The minimum absolute atomic E-state index is 0.422. The molecule has 0 aromatic carbocycles. The van der Waals surface area contributed by atoms with Gasteiger partial charge in [0.05, 0.1) is 0 Å². The zero-order valence-corrected chi connectivity index (χ0v) is 6.93. The molecule has 10 heavy (non-hydrogen) atoms. The molecule has 1 fully saturated rings. The zero-order valence-electron chi connectivity index (χ0n) is 6.93. The van der Waals surface area contributed by atoms with Crippen molar-refractivity contribution in [2.75, 3.05) is 7.05 Å². The molecular weight excluding hydrogens is 124 g/mol. The Labute approximate surface area is 63.2 Å². The Balaban J connectivity index is 2.33. The highest BCUT2D eigenvalue weighted by Gasteiger charge is 2.23. The second kappa shape index (κ2) is 3.35. The normalized spacial score (nSPS) is 41.7. The van der Waals surface area contributed by atoms with E-state index in [1.54, 1.807) is 0 Å². The third kappa shape index (κ3) is 1.70. The minimum atomic E-state index is 0.422. The SMILES string of the molecule is CN[C@@H]1CC[C@H](C)[C@@H](N)C1. The van der Waals surface area contributed by atoms with Gasteiger partial charge in [0.1, 0.15) is 0 Å². The highest BCUT2D eigenvalue weighted by Crippen LogP contribution is 2.22. The summed E-state index contributed by atoms with van der Waals surface area (Å²) in [6, 6.07) is 1.09. The van der Waals surface area contributed by atoms with Crippen molar-refractivity contribution in [1.82, 2.24) is 5.32 Å². The Hall–Kier alpha value is -0.0800. The molecule has 0 saturated heterocycles. The Morgan fingerprint density at radius 1 is 1.40 bits per heavy atom. The number of hydrogen-bond donors (Lipinski definition) is 2. The van der Waals surface area contributed by atoms with Gasteiger partial charge in [0.25, 0.3) is 0 Å². The molecule has 0 heterocycles. The van der Waals surface area contributed by atoms with Gasteiger partial charge in [0, 0.05) is 12.1 Å². The van der Waals surface area contributed by atoms with Crippen LogP contribution in [0.25, 0.3) is 0 Å². The van der Waals surface area contributed by atoms with Crippen LogP contribution >= 0.6 is 0 Å². The summed E-state index contributed by atoms with van der Waals surface area (Å²) in [5.74, 6) is 0.726. The van der Waals surface area contributed by atoms with Gasteiger partial charge in [-0.05, 0) is 32.2 Å². The second-order valence-electron chi connectivity index (χ2n) is 3.44. The minimum Gasteiger partial charge on any atom is -0.327 e. The van der Waals surface area contributed by atoms with Gasteiger partial charge in [-0.2, -0.15) is 0 Å². The topological polar surface area (TPSA) is 38.0 Å². The summed E-state index contributed by atoms with van der Waals surface area (Å²) in [7, 11) is 2.02. The molecule has 1 rings (SSSR count). The highest BCUT2D eigenvalue weighted by atomic mass is 14.9. The van der Waals surface area contributed by atoms with Crippen molar-refractivity contribution in [1.29, 1.82) is 0 Å². The third-order valence-electron chi connectivity index (χ3n) is 2.67. The second-order valence-corrected chi connectivity index (χ2v) is 3.44. The van der Waals surface area contributed by atoms with E-state index in [4.69, 9.17) is 5.73 Å². The fourth-order valence-electron chi connectivity index (χ4n) is 1.62. The summed E-state index contributed by atoms with van der Waals surface area (Å²) in [6.45, 7) is 2.25. The lowest BCUT2D eigenvalue weighted by Gasteiger charge is -2.31. The van der Waals surface area contributed by atoms with Crippen molar-refractivity contribution in [3.8, 4) is 0 Å². The summed E-state index contributed by atoms with van der Waals surface area (Å²) in [5, 5.41) is 3.27. The first-order valence-electron chi connectivity index (χ1n) is 4.17. The molecule has 0 aromatic rings. The van der Waals surface area contributed by atoms with E-state index in [9.17, 15) is 0 Å². The largest absolute Gasteiger partial charge is 0.327 e. The Kier molecular flexibility index (Phi) is 2.69. The van der Waals surface area contributed by atoms with Crippen LogP contribution in [0.2, 0.25) is 0 Å². The van der Waals surface area contributed by atoms with E-state index in [-0.39, 0.29) is 0 Å². The highest BCUT2D eigenvalue weighted by molar-refractivity contribution is 4.82. The van der Waals surface area contributed by atoms with Gasteiger partial charge in [-0.25, -0.2) is 0 Å². The zero-order chi connectivity index (χ0) is 7.56. The van der Waals surface area contributed by atoms with E-state index < -0.39 is 0 Å². The van der Waals surface area contributed by atoms with Gasteiger partial charge in [-0.3, -0.25) is 0 Å².